The maximum absolute atomic E-state index is 12.6. The van der Waals surface area contributed by atoms with Gasteiger partial charge in [0.2, 0.25) is 0 Å². The van der Waals surface area contributed by atoms with Crippen LogP contribution in [0.2, 0.25) is 0 Å². The molecule has 0 fully saturated rings. The van der Waals surface area contributed by atoms with E-state index in [0.717, 1.165) is 12.4 Å². The number of alkyl halides is 3. The van der Waals surface area contributed by atoms with Gasteiger partial charge in [0.25, 0.3) is 0 Å². The highest BCUT2D eigenvalue weighted by Gasteiger charge is 2.32. The predicted octanol–water partition coefficient (Wildman–Crippen LogP) is 1.60. The van der Waals surface area contributed by atoms with Gasteiger partial charge in [-0.25, -0.2) is 9.07 Å². The quantitative estimate of drug-likeness (QED) is 0.682. The fourth-order valence-corrected chi connectivity index (χ4v) is 0.745. The van der Waals surface area contributed by atoms with Crippen LogP contribution in [0.25, 0.3) is 0 Å². The van der Waals surface area contributed by atoms with Crippen molar-refractivity contribution >= 4 is 5.78 Å². The monoisotopic (exact) mass is 192 g/mol. The molecule has 0 aliphatic heterocycles. The van der Waals surface area contributed by atoms with Gasteiger partial charge in [0.05, 0.1) is 11.8 Å². The molecule has 13 heavy (non-hydrogen) atoms. The van der Waals surface area contributed by atoms with Crippen molar-refractivity contribution < 1.29 is 18.0 Å². The summed E-state index contributed by atoms with van der Waals surface area (Å²) in [6.45, 7) is -0.624. The molecule has 0 spiro atoms. The first kappa shape index (κ1) is 9.76. The lowest BCUT2D eigenvalue weighted by Gasteiger charge is -2.11. The third kappa shape index (κ3) is 1.88. The van der Waals surface area contributed by atoms with Crippen LogP contribution in [0.4, 0.5) is 13.2 Å². The second-order valence-electron chi connectivity index (χ2n) is 2.53. The molecule has 1 aromatic rings. The van der Waals surface area contributed by atoms with Crippen LogP contribution in [0.5, 0.6) is 0 Å². The van der Waals surface area contributed by atoms with Gasteiger partial charge < -0.3 is 0 Å². The molecule has 0 saturated heterocycles. The van der Waals surface area contributed by atoms with Crippen molar-refractivity contribution in [1.82, 2.24) is 9.78 Å². The van der Waals surface area contributed by atoms with Gasteiger partial charge in [0.15, 0.2) is 12.5 Å². The Kier molecular flexibility index (Phi) is 2.40. The van der Waals surface area contributed by atoms with Gasteiger partial charge in [-0.15, -0.1) is 0 Å². The molecule has 0 radical (unpaired) electrons. The van der Waals surface area contributed by atoms with Crippen molar-refractivity contribution in [2.75, 3.05) is 6.67 Å². The van der Waals surface area contributed by atoms with E-state index in [9.17, 15) is 18.0 Å². The summed E-state index contributed by atoms with van der Waals surface area (Å²) in [7, 11) is 0. The van der Waals surface area contributed by atoms with Crippen LogP contribution in [0.3, 0.4) is 0 Å². The van der Waals surface area contributed by atoms with Crippen LogP contribution in [-0.4, -0.2) is 22.2 Å². The predicted molar refractivity (Wildman–Crippen MR) is 38.4 cm³/mol. The zero-order chi connectivity index (χ0) is 10.1. The Labute approximate surface area is 72.2 Å². The third-order valence-electron chi connectivity index (χ3n) is 1.49. The van der Waals surface area contributed by atoms with Gasteiger partial charge >= 0.3 is 6.05 Å². The minimum atomic E-state index is -3.67. The van der Waals surface area contributed by atoms with Gasteiger partial charge in [-0.2, -0.15) is 13.9 Å². The number of nitrogens with zero attached hydrogens (tertiary/aromatic N) is 2. The van der Waals surface area contributed by atoms with Crippen LogP contribution < -0.4 is 0 Å². The lowest BCUT2D eigenvalue weighted by atomic mass is 10.3. The number of carbonyl (C=O) groups excluding carboxylic acids is 1. The summed E-state index contributed by atoms with van der Waals surface area (Å²) in [5.74, 6) is -0.388. The number of ketones is 1. The normalized spacial score (nSPS) is 11.7. The Hall–Kier alpha value is -1.33. The molecule has 0 saturated carbocycles. The number of halogens is 3. The zero-order valence-electron chi connectivity index (χ0n) is 6.80. The van der Waals surface area contributed by atoms with Gasteiger partial charge in [-0.05, 0) is 6.92 Å². The van der Waals surface area contributed by atoms with Crippen molar-refractivity contribution in [3.63, 3.8) is 0 Å². The average molecular weight is 192 g/mol. The Balaban J connectivity index is 2.98. The Morgan fingerprint density at radius 3 is 2.69 bits per heavy atom. The SMILES string of the molecule is CC(=O)c1cnn(C(F)(F)CF)c1. The summed E-state index contributed by atoms with van der Waals surface area (Å²) in [4.78, 5) is 10.7. The lowest BCUT2D eigenvalue weighted by Crippen LogP contribution is -2.25. The van der Waals surface area contributed by atoms with Gasteiger partial charge in [-0.1, -0.05) is 0 Å². The second-order valence-corrected chi connectivity index (χ2v) is 2.53. The summed E-state index contributed by atoms with van der Waals surface area (Å²) >= 11 is 0. The van der Waals surface area contributed by atoms with Crippen molar-refractivity contribution in [3.8, 4) is 0 Å². The topological polar surface area (TPSA) is 34.9 Å². The van der Waals surface area contributed by atoms with Crippen LogP contribution in [-0.2, 0) is 6.05 Å². The molecule has 1 heterocycles. The van der Waals surface area contributed by atoms with Crippen LogP contribution in [0.15, 0.2) is 12.4 Å². The fraction of sp³-hybridized carbons (Fsp3) is 0.429. The smallest absolute Gasteiger partial charge is 0.294 e. The van der Waals surface area contributed by atoms with Crippen molar-refractivity contribution in [3.05, 3.63) is 18.0 Å². The molecule has 1 aromatic heterocycles. The number of carbonyl (C=O) groups is 1. The second kappa shape index (κ2) is 3.20. The fourth-order valence-electron chi connectivity index (χ4n) is 0.745. The van der Waals surface area contributed by atoms with Crippen molar-refractivity contribution in [2.24, 2.45) is 0 Å². The zero-order valence-corrected chi connectivity index (χ0v) is 6.80. The first-order valence-electron chi connectivity index (χ1n) is 3.47. The van der Waals surface area contributed by atoms with E-state index in [1.807, 2.05) is 0 Å². The molecule has 6 heteroatoms. The van der Waals surface area contributed by atoms with Gasteiger partial charge in [0, 0.05) is 6.20 Å². The highest BCUT2D eigenvalue weighted by atomic mass is 19.3. The van der Waals surface area contributed by atoms with E-state index in [2.05, 4.69) is 5.10 Å². The summed E-state index contributed by atoms with van der Waals surface area (Å²) in [5.41, 5.74) is 0.0353. The van der Waals surface area contributed by atoms with Gasteiger partial charge in [0.1, 0.15) is 0 Å². The molecule has 0 amide bonds. The summed E-state index contributed by atoms with van der Waals surface area (Å²) in [6, 6.07) is -3.67. The third-order valence-corrected chi connectivity index (χ3v) is 1.49. The van der Waals surface area contributed by atoms with E-state index in [-0.39, 0.29) is 16.0 Å². The molecule has 1 rings (SSSR count). The Morgan fingerprint density at radius 1 is 1.69 bits per heavy atom. The van der Waals surface area contributed by atoms with Crippen molar-refractivity contribution in [1.29, 1.82) is 0 Å². The number of Topliss-reactive ketones (excluding diaryl/α,β-unsaturated/α-hetero) is 1. The highest BCUT2D eigenvalue weighted by Crippen LogP contribution is 2.20. The van der Waals surface area contributed by atoms with Crippen molar-refractivity contribution in [2.45, 2.75) is 13.0 Å². The van der Waals surface area contributed by atoms with E-state index >= 15 is 0 Å². The largest absolute Gasteiger partial charge is 0.371 e. The first-order valence-corrected chi connectivity index (χ1v) is 3.47. The average Bonchev–Trinajstić information content (AvgIpc) is 2.52. The molecule has 0 aliphatic rings. The molecule has 3 nitrogen and oxygen atoms in total. The molecule has 72 valence electrons. The molecule has 0 unspecified atom stereocenters. The van der Waals surface area contributed by atoms with Crippen LogP contribution >= 0.6 is 0 Å². The standard InChI is InChI=1S/C7H7F3N2O/c1-5(13)6-2-11-12(3-6)7(9,10)4-8/h2-3H,4H2,1H3. The maximum Gasteiger partial charge on any atom is 0.371 e. The molecule has 0 aliphatic carbocycles. The Bertz CT molecular complexity index is 321. The molecule has 0 aromatic carbocycles. The molecule has 0 N–H and O–H groups in total. The number of aromatic nitrogens is 2. The highest BCUT2D eigenvalue weighted by molar-refractivity contribution is 5.93. The first-order chi connectivity index (χ1) is 5.97. The molecule has 0 bridgehead atoms. The Morgan fingerprint density at radius 2 is 2.31 bits per heavy atom. The summed E-state index contributed by atoms with van der Waals surface area (Å²) in [6.07, 6.45) is 1.80. The minimum Gasteiger partial charge on any atom is -0.294 e. The van der Waals surface area contributed by atoms with E-state index < -0.39 is 12.7 Å². The molecular weight excluding hydrogens is 185 g/mol. The number of rotatable bonds is 3. The van der Waals surface area contributed by atoms with E-state index in [4.69, 9.17) is 0 Å². The van der Waals surface area contributed by atoms with Crippen LogP contribution in [0, 0.1) is 0 Å². The maximum atomic E-state index is 12.6. The number of hydrogen-bond donors (Lipinski definition) is 0. The minimum absolute atomic E-state index is 0.0353. The van der Waals surface area contributed by atoms with Crippen LogP contribution in [0.1, 0.15) is 17.3 Å². The van der Waals surface area contributed by atoms with E-state index in [1.165, 1.54) is 6.92 Å². The molecular formula is C7H7F3N2O. The summed E-state index contributed by atoms with van der Waals surface area (Å²) < 4.78 is 37.1. The van der Waals surface area contributed by atoms with Gasteiger partial charge in [-0.3, -0.25) is 4.79 Å². The van der Waals surface area contributed by atoms with E-state index in [0.29, 0.717) is 0 Å². The number of hydrogen-bond acceptors (Lipinski definition) is 2. The lowest BCUT2D eigenvalue weighted by molar-refractivity contribution is -0.109. The van der Waals surface area contributed by atoms with E-state index in [1.54, 1.807) is 0 Å². The molecule has 0 atom stereocenters. The summed E-state index contributed by atoms with van der Waals surface area (Å²) in [5, 5.41) is 3.19.